The average Bonchev–Trinajstić information content (AvgIpc) is 2.69. The van der Waals surface area contributed by atoms with Crippen LogP contribution < -0.4 is 14.8 Å². The average molecular weight is 481 g/mol. The number of nitrogens with zero attached hydrogens (tertiary/aromatic N) is 1. The zero-order valence-electron chi connectivity index (χ0n) is 16.0. The van der Waals surface area contributed by atoms with Gasteiger partial charge in [-0.3, -0.25) is 19.2 Å². The van der Waals surface area contributed by atoms with E-state index in [1.54, 1.807) is 12.1 Å². The van der Waals surface area contributed by atoms with Gasteiger partial charge in [-0.05, 0) is 54.6 Å². The summed E-state index contributed by atoms with van der Waals surface area (Å²) < 4.78 is 52.3. The molecule has 0 radical (unpaired) electrons. The number of amides is 1. The number of halogens is 1. The first-order chi connectivity index (χ1) is 14.5. The molecule has 0 aliphatic rings. The first-order valence-corrected chi connectivity index (χ1v) is 12.4. The lowest BCUT2D eigenvalue weighted by molar-refractivity contribution is 0.102. The van der Waals surface area contributed by atoms with Crippen molar-refractivity contribution in [2.75, 3.05) is 21.0 Å². The smallest absolute Gasteiger partial charge is 0.261 e. The number of anilines is 3. The van der Waals surface area contributed by atoms with Crippen LogP contribution in [0.5, 0.6) is 0 Å². The molecule has 0 fully saturated rings. The molecule has 0 spiro atoms. The van der Waals surface area contributed by atoms with Crippen molar-refractivity contribution in [3.05, 3.63) is 77.6 Å². The molecular formula is C19H17ClN4O5S2. The number of nitrogens with one attached hydrogen (secondary N) is 3. The van der Waals surface area contributed by atoms with E-state index in [9.17, 15) is 21.6 Å². The van der Waals surface area contributed by atoms with E-state index in [2.05, 4.69) is 19.7 Å². The van der Waals surface area contributed by atoms with E-state index in [-0.39, 0.29) is 21.2 Å². The number of hydrogen-bond acceptors (Lipinski definition) is 6. The zero-order chi connectivity index (χ0) is 22.6. The fourth-order valence-electron chi connectivity index (χ4n) is 2.53. The Kier molecular flexibility index (Phi) is 6.48. The highest BCUT2D eigenvalue weighted by atomic mass is 35.5. The van der Waals surface area contributed by atoms with Crippen molar-refractivity contribution in [2.24, 2.45) is 0 Å². The standard InChI is InChI=1S/C19H17ClN4O5S2/c1-30(26,27)23-14-6-9-18(20)17(11-14)19(25)22-13-4-7-16(8-5-13)31(28,29)24-15-3-2-10-21-12-15/h2-12,23-24H,1H3,(H,22,25). The maximum Gasteiger partial charge on any atom is 0.261 e. The molecule has 0 bridgehead atoms. The van der Waals surface area contributed by atoms with E-state index in [1.165, 1.54) is 54.9 Å². The highest BCUT2D eigenvalue weighted by Gasteiger charge is 2.16. The third-order valence-electron chi connectivity index (χ3n) is 3.85. The highest BCUT2D eigenvalue weighted by molar-refractivity contribution is 7.92. The van der Waals surface area contributed by atoms with Gasteiger partial charge in [-0.25, -0.2) is 16.8 Å². The van der Waals surface area contributed by atoms with Crippen LogP contribution in [0.2, 0.25) is 5.02 Å². The number of benzene rings is 2. The summed E-state index contributed by atoms with van der Waals surface area (Å²) in [6.45, 7) is 0. The molecular weight excluding hydrogens is 464 g/mol. The molecule has 3 aromatic rings. The summed E-state index contributed by atoms with van der Waals surface area (Å²) in [7, 11) is -7.35. The van der Waals surface area contributed by atoms with Crippen LogP contribution in [0, 0.1) is 0 Å². The number of hydrogen-bond donors (Lipinski definition) is 3. The normalized spacial score (nSPS) is 11.5. The Labute approximate surface area is 184 Å². The van der Waals surface area contributed by atoms with Crippen molar-refractivity contribution in [3.8, 4) is 0 Å². The van der Waals surface area contributed by atoms with Gasteiger partial charge in [0.05, 0.1) is 33.6 Å². The van der Waals surface area contributed by atoms with Crippen LogP contribution in [0.15, 0.2) is 71.9 Å². The summed E-state index contributed by atoms with van der Waals surface area (Å²) >= 11 is 6.06. The summed E-state index contributed by atoms with van der Waals surface area (Å²) in [5, 5.41) is 2.71. The largest absolute Gasteiger partial charge is 0.322 e. The second-order valence-corrected chi connectivity index (χ2v) is 10.2. The van der Waals surface area contributed by atoms with Gasteiger partial charge in [0.15, 0.2) is 0 Å². The Hall–Kier alpha value is -3.15. The Morgan fingerprint density at radius 3 is 2.19 bits per heavy atom. The minimum absolute atomic E-state index is 0.00765. The number of rotatable bonds is 7. The summed E-state index contributed by atoms with van der Waals surface area (Å²) in [6, 6.07) is 12.8. The molecule has 0 saturated carbocycles. The second kappa shape index (κ2) is 8.92. The molecule has 3 rings (SSSR count). The quantitative estimate of drug-likeness (QED) is 0.475. The summed E-state index contributed by atoms with van der Waals surface area (Å²) in [6.07, 6.45) is 3.89. The number of sulfonamides is 2. The molecule has 2 aromatic carbocycles. The fraction of sp³-hybridized carbons (Fsp3) is 0.0526. The Bertz CT molecular complexity index is 1310. The molecule has 9 nitrogen and oxygen atoms in total. The van der Waals surface area contributed by atoms with Gasteiger partial charge in [0.1, 0.15) is 0 Å². The minimum atomic E-state index is -3.83. The van der Waals surface area contributed by atoms with Gasteiger partial charge in [-0.2, -0.15) is 0 Å². The number of aromatic nitrogens is 1. The molecule has 0 aliphatic carbocycles. The molecule has 0 unspecified atom stereocenters. The number of carbonyl (C=O) groups excluding carboxylic acids is 1. The van der Waals surface area contributed by atoms with Crippen LogP contribution >= 0.6 is 11.6 Å². The third-order valence-corrected chi connectivity index (χ3v) is 6.18. The first-order valence-electron chi connectivity index (χ1n) is 8.65. The minimum Gasteiger partial charge on any atom is -0.322 e. The highest BCUT2D eigenvalue weighted by Crippen LogP contribution is 2.23. The molecule has 1 amide bonds. The van der Waals surface area contributed by atoms with Crippen LogP contribution in [0.1, 0.15) is 10.4 Å². The Balaban J connectivity index is 1.75. The lowest BCUT2D eigenvalue weighted by Gasteiger charge is -2.11. The second-order valence-electron chi connectivity index (χ2n) is 6.39. The molecule has 31 heavy (non-hydrogen) atoms. The maximum absolute atomic E-state index is 12.6. The van der Waals surface area contributed by atoms with Crippen LogP contribution in [-0.4, -0.2) is 34.0 Å². The topological polar surface area (TPSA) is 134 Å². The summed E-state index contributed by atoms with van der Waals surface area (Å²) in [4.78, 5) is 16.4. The van der Waals surface area contributed by atoms with Crippen molar-refractivity contribution < 1.29 is 21.6 Å². The van der Waals surface area contributed by atoms with Crippen LogP contribution in [-0.2, 0) is 20.0 Å². The van der Waals surface area contributed by atoms with Crippen molar-refractivity contribution in [2.45, 2.75) is 4.90 Å². The maximum atomic E-state index is 12.6. The van der Waals surface area contributed by atoms with Crippen molar-refractivity contribution in [3.63, 3.8) is 0 Å². The fourth-order valence-corrected chi connectivity index (χ4v) is 4.33. The van der Waals surface area contributed by atoms with Gasteiger partial charge in [0.25, 0.3) is 15.9 Å². The molecule has 0 aliphatic heterocycles. The van der Waals surface area contributed by atoms with Crippen molar-refractivity contribution in [1.82, 2.24) is 4.98 Å². The van der Waals surface area contributed by atoms with Gasteiger partial charge in [0.2, 0.25) is 10.0 Å². The predicted octanol–water partition coefficient (Wildman–Crippen LogP) is 3.16. The summed E-state index contributed by atoms with van der Waals surface area (Å²) in [5.74, 6) is -0.591. The molecule has 0 saturated heterocycles. The van der Waals surface area contributed by atoms with Crippen LogP contribution in [0.3, 0.4) is 0 Å². The number of carbonyl (C=O) groups is 1. The number of pyridine rings is 1. The van der Waals surface area contributed by atoms with E-state index in [4.69, 9.17) is 11.6 Å². The molecule has 0 atom stereocenters. The van der Waals surface area contributed by atoms with Gasteiger partial charge in [-0.1, -0.05) is 11.6 Å². The molecule has 162 valence electrons. The third kappa shape index (κ3) is 6.17. The van der Waals surface area contributed by atoms with E-state index in [0.29, 0.717) is 11.4 Å². The lowest BCUT2D eigenvalue weighted by Crippen LogP contribution is -2.15. The monoisotopic (exact) mass is 480 g/mol. The summed E-state index contributed by atoms with van der Waals surface area (Å²) in [5.41, 5.74) is 0.866. The van der Waals surface area contributed by atoms with E-state index in [0.717, 1.165) is 6.26 Å². The molecule has 12 heteroatoms. The SMILES string of the molecule is CS(=O)(=O)Nc1ccc(Cl)c(C(=O)Nc2ccc(S(=O)(=O)Nc3cccnc3)cc2)c1. The van der Waals surface area contributed by atoms with E-state index >= 15 is 0 Å². The van der Waals surface area contributed by atoms with E-state index < -0.39 is 26.0 Å². The predicted molar refractivity (Wildman–Crippen MR) is 119 cm³/mol. The van der Waals surface area contributed by atoms with Crippen LogP contribution in [0.4, 0.5) is 17.1 Å². The zero-order valence-corrected chi connectivity index (χ0v) is 18.4. The lowest BCUT2D eigenvalue weighted by atomic mass is 10.2. The van der Waals surface area contributed by atoms with Gasteiger partial charge >= 0.3 is 0 Å². The van der Waals surface area contributed by atoms with Gasteiger partial charge in [0, 0.05) is 17.6 Å². The Morgan fingerprint density at radius 2 is 1.58 bits per heavy atom. The van der Waals surface area contributed by atoms with Crippen LogP contribution in [0.25, 0.3) is 0 Å². The van der Waals surface area contributed by atoms with Gasteiger partial charge in [-0.15, -0.1) is 0 Å². The van der Waals surface area contributed by atoms with Crippen molar-refractivity contribution in [1.29, 1.82) is 0 Å². The molecule has 3 N–H and O–H groups in total. The van der Waals surface area contributed by atoms with Gasteiger partial charge < -0.3 is 5.32 Å². The Morgan fingerprint density at radius 1 is 0.903 bits per heavy atom. The molecule has 1 heterocycles. The molecule has 1 aromatic heterocycles. The van der Waals surface area contributed by atoms with Crippen molar-refractivity contribution >= 4 is 54.6 Å². The van der Waals surface area contributed by atoms with E-state index in [1.807, 2.05) is 0 Å². The first kappa shape index (κ1) is 22.5.